The summed E-state index contributed by atoms with van der Waals surface area (Å²) in [6, 6.07) is 30.8. The van der Waals surface area contributed by atoms with Crippen molar-refractivity contribution in [3.05, 3.63) is 143 Å². The Labute approximate surface area is 338 Å². The number of carbonyl (C=O) groups excluding carboxylic acids is 4. The van der Waals surface area contributed by atoms with Gasteiger partial charge in [-0.05, 0) is 122 Å². The second-order valence-corrected chi connectivity index (χ2v) is 13.2. The number of esters is 4. The molecule has 0 aliphatic heterocycles. The van der Waals surface area contributed by atoms with Crippen LogP contribution >= 0.6 is 0 Å². The maximum Gasteiger partial charge on any atom is 0.343 e. The van der Waals surface area contributed by atoms with Crippen molar-refractivity contribution in [3.63, 3.8) is 0 Å². The van der Waals surface area contributed by atoms with Crippen LogP contribution in [0.2, 0.25) is 0 Å². The summed E-state index contributed by atoms with van der Waals surface area (Å²) in [6.45, 7) is 5.53. The van der Waals surface area contributed by atoms with Gasteiger partial charge in [0.25, 0.3) is 0 Å². The van der Waals surface area contributed by atoms with Crippen LogP contribution < -0.4 is 28.4 Å². The molecule has 0 bridgehead atoms. The molecule has 11 nitrogen and oxygen atoms in total. The fourth-order valence-corrected chi connectivity index (χ4v) is 5.53. The minimum absolute atomic E-state index is 0.0181. The second kappa shape index (κ2) is 22.0. The lowest BCUT2D eigenvalue weighted by atomic mass is 10.2. The average molecular weight is 784 g/mol. The lowest BCUT2D eigenvalue weighted by Gasteiger charge is -2.10. The molecule has 5 aromatic carbocycles. The fourth-order valence-electron chi connectivity index (χ4n) is 5.53. The average Bonchev–Trinajstić information content (AvgIpc) is 3.24. The number of carbonyl (C=O) groups is 4. The molecule has 0 aliphatic carbocycles. The van der Waals surface area contributed by atoms with Gasteiger partial charge in [-0.15, -0.1) is 0 Å². The summed E-state index contributed by atoms with van der Waals surface area (Å²) in [6.07, 6.45) is 8.80. The van der Waals surface area contributed by atoms with Crippen LogP contribution in [0.15, 0.2) is 115 Å². The van der Waals surface area contributed by atoms with E-state index in [1.54, 1.807) is 48.5 Å². The molecule has 5 rings (SSSR count). The van der Waals surface area contributed by atoms with E-state index in [0.717, 1.165) is 38.5 Å². The van der Waals surface area contributed by atoms with Gasteiger partial charge in [0.2, 0.25) is 0 Å². The van der Waals surface area contributed by atoms with Crippen molar-refractivity contribution >= 4 is 23.9 Å². The summed E-state index contributed by atoms with van der Waals surface area (Å²) in [5.74, 6) is -1.02. The Balaban J connectivity index is 1.11. The van der Waals surface area contributed by atoms with Crippen molar-refractivity contribution in [3.8, 4) is 40.6 Å². The third kappa shape index (κ3) is 12.8. The highest BCUT2D eigenvalue weighted by Crippen LogP contribution is 2.27. The highest BCUT2D eigenvalue weighted by Gasteiger charge is 2.17. The molecule has 58 heavy (non-hydrogen) atoms. The summed E-state index contributed by atoms with van der Waals surface area (Å²) in [7, 11) is 0. The number of rotatable bonds is 20. The summed E-state index contributed by atoms with van der Waals surface area (Å²) < 4.78 is 33.4. The molecule has 0 aliphatic rings. The molecule has 0 spiro atoms. The molecule has 298 valence electrons. The quantitative estimate of drug-likeness (QED) is 0.0422. The minimum Gasteiger partial charge on any atom is -0.494 e. The predicted octanol–water partition coefficient (Wildman–Crippen LogP) is 10.4. The monoisotopic (exact) mass is 783 g/mol. The fraction of sp³-hybridized carbons (Fsp3) is 0.255. The van der Waals surface area contributed by atoms with Crippen LogP contribution in [0.4, 0.5) is 0 Å². The molecule has 0 amide bonds. The number of unbranched alkanes of at least 4 members (excludes halogenated alkanes) is 6. The van der Waals surface area contributed by atoms with Gasteiger partial charge in [0.05, 0.1) is 41.0 Å². The van der Waals surface area contributed by atoms with Crippen molar-refractivity contribution < 1.29 is 47.6 Å². The van der Waals surface area contributed by atoms with Crippen molar-refractivity contribution in [2.45, 2.75) is 65.2 Å². The zero-order valence-corrected chi connectivity index (χ0v) is 32.6. The Morgan fingerprint density at radius 2 is 0.776 bits per heavy atom. The van der Waals surface area contributed by atoms with Crippen LogP contribution in [-0.2, 0) is 0 Å². The van der Waals surface area contributed by atoms with E-state index in [-0.39, 0.29) is 39.7 Å². The highest BCUT2D eigenvalue weighted by atomic mass is 16.6. The van der Waals surface area contributed by atoms with E-state index < -0.39 is 23.9 Å². The molecule has 0 saturated carbocycles. The van der Waals surface area contributed by atoms with Gasteiger partial charge in [0.1, 0.15) is 34.8 Å². The minimum atomic E-state index is -0.796. The third-order valence-corrected chi connectivity index (χ3v) is 8.80. The topological polar surface area (TPSA) is 147 Å². The van der Waals surface area contributed by atoms with Crippen molar-refractivity contribution in [1.29, 1.82) is 5.26 Å². The number of hydrogen-bond donors (Lipinski definition) is 0. The standard InChI is InChI=1S/C47H45NO10/c1-3-5-7-9-29-53-38-20-11-33(12-21-38)44(49)55-40-24-15-35(16-25-40)46(51)57-42-28-19-37(32-48)43(31-42)58-47(52)36-17-26-41(27-18-36)56-45(50)34-13-22-39(23-14-34)54-30-10-8-6-4-2/h11-28,31H,3-10,29-30H2,1-2H3. The van der Waals surface area contributed by atoms with E-state index in [1.165, 1.54) is 79.6 Å². The summed E-state index contributed by atoms with van der Waals surface area (Å²) in [5.41, 5.74) is 0.978. The number of nitrogens with zero attached hydrogens (tertiary/aromatic N) is 1. The molecule has 0 saturated heterocycles. The molecule has 0 heterocycles. The zero-order chi connectivity index (χ0) is 41.1. The van der Waals surface area contributed by atoms with E-state index in [9.17, 15) is 24.4 Å². The number of hydrogen-bond acceptors (Lipinski definition) is 11. The van der Waals surface area contributed by atoms with Crippen molar-refractivity contribution in [2.75, 3.05) is 13.2 Å². The maximum atomic E-state index is 13.0. The van der Waals surface area contributed by atoms with Crippen LogP contribution in [-0.4, -0.2) is 37.1 Å². The van der Waals surface area contributed by atoms with Gasteiger partial charge >= 0.3 is 23.9 Å². The first kappa shape index (κ1) is 42.2. The molecule has 0 unspecified atom stereocenters. The SMILES string of the molecule is CCCCCCOc1ccc(C(=O)Oc2ccc(C(=O)Oc3ccc(C#N)c(OC(=O)c4ccc(OC(=O)c5ccc(OCCCCCC)cc5)cc4)c3)cc2)cc1. The summed E-state index contributed by atoms with van der Waals surface area (Å²) in [4.78, 5) is 51.4. The van der Waals surface area contributed by atoms with Crippen LogP contribution in [0.25, 0.3) is 0 Å². The summed E-state index contributed by atoms with van der Waals surface area (Å²) >= 11 is 0. The molecule has 0 radical (unpaired) electrons. The van der Waals surface area contributed by atoms with Gasteiger partial charge < -0.3 is 28.4 Å². The Morgan fingerprint density at radius 3 is 1.16 bits per heavy atom. The molecule has 11 heteroatoms. The molecule has 0 atom stereocenters. The largest absolute Gasteiger partial charge is 0.494 e. The molecule has 5 aromatic rings. The summed E-state index contributed by atoms with van der Waals surface area (Å²) in [5, 5.41) is 9.63. The van der Waals surface area contributed by atoms with Gasteiger partial charge in [-0.2, -0.15) is 5.26 Å². The van der Waals surface area contributed by atoms with Gasteiger partial charge in [0, 0.05) is 6.07 Å². The van der Waals surface area contributed by atoms with Gasteiger partial charge in [0.15, 0.2) is 5.75 Å². The number of benzene rings is 5. The molecular formula is C47H45NO10. The van der Waals surface area contributed by atoms with Crippen molar-refractivity contribution in [2.24, 2.45) is 0 Å². The first-order chi connectivity index (χ1) is 28.3. The molecule has 0 aromatic heterocycles. The Morgan fingerprint density at radius 1 is 0.431 bits per heavy atom. The molecule has 0 N–H and O–H groups in total. The number of ether oxygens (including phenoxy) is 6. The van der Waals surface area contributed by atoms with Gasteiger partial charge in [-0.3, -0.25) is 0 Å². The first-order valence-electron chi connectivity index (χ1n) is 19.3. The smallest absolute Gasteiger partial charge is 0.343 e. The van der Waals surface area contributed by atoms with E-state index in [4.69, 9.17) is 28.4 Å². The lowest BCUT2D eigenvalue weighted by Crippen LogP contribution is -2.12. The van der Waals surface area contributed by atoms with E-state index >= 15 is 0 Å². The zero-order valence-electron chi connectivity index (χ0n) is 32.6. The van der Waals surface area contributed by atoms with Crippen LogP contribution in [0.5, 0.6) is 34.5 Å². The Bertz CT molecular complexity index is 2170. The van der Waals surface area contributed by atoms with Crippen LogP contribution in [0.3, 0.4) is 0 Å². The third-order valence-electron chi connectivity index (χ3n) is 8.80. The molecule has 0 fully saturated rings. The Kier molecular flexibility index (Phi) is 16.0. The van der Waals surface area contributed by atoms with E-state index in [0.29, 0.717) is 35.8 Å². The normalized spacial score (nSPS) is 10.5. The van der Waals surface area contributed by atoms with Gasteiger partial charge in [-0.1, -0.05) is 52.4 Å². The lowest BCUT2D eigenvalue weighted by molar-refractivity contribution is 0.0723. The number of nitriles is 1. The van der Waals surface area contributed by atoms with E-state index in [2.05, 4.69) is 13.8 Å². The maximum absolute atomic E-state index is 13.0. The predicted molar refractivity (Wildman–Crippen MR) is 216 cm³/mol. The first-order valence-corrected chi connectivity index (χ1v) is 19.3. The van der Waals surface area contributed by atoms with Crippen LogP contribution in [0.1, 0.15) is 112 Å². The van der Waals surface area contributed by atoms with Gasteiger partial charge in [-0.25, -0.2) is 19.2 Å². The highest BCUT2D eigenvalue weighted by molar-refractivity contribution is 5.94. The van der Waals surface area contributed by atoms with E-state index in [1.807, 2.05) is 6.07 Å². The van der Waals surface area contributed by atoms with Crippen LogP contribution in [0, 0.1) is 11.3 Å². The van der Waals surface area contributed by atoms with Crippen molar-refractivity contribution in [1.82, 2.24) is 0 Å². The Hall–Kier alpha value is -6.93. The molecular weight excluding hydrogens is 739 g/mol. The second-order valence-electron chi connectivity index (χ2n) is 13.2.